The summed E-state index contributed by atoms with van der Waals surface area (Å²) in [7, 11) is 3.25. The van der Waals surface area contributed by atoms with Crippen LogP contribution in [0.2, 0.25) is 0 Å². The van der Waals surface area contributed by atoms with Crippen LogP contribution < -0.4 is 9.47 Å². The lowest BCUT2D eigenvalue weighted by molar-refractivity contribution is -0.129. The van der Waals surface area contributed by atoms with E-state index in [0.717, 1.165) is 22.6 Å². The van der Waals surface area contributed by atoms with Crippen molar-refractivity contribution in [2.45, 2.75) is 13.1 Å². The van der Waals surface area contributed by atoms with Crippen LogP contribution in [0, 0.1) is 0 Å². The molecule has 2 rings (SSSR count). The Balaban J connectivity index is 2.10. The van der Waals surface area contributed by atoms with Crippen molar-refractivity contribution < 1.29 is 14.3 Å². The first kappa shape index (κ1) is 17.2. The highest BCUT2D eigenvalue weighted by atomic mass is 35.5. The van der Waals surface area contributed by atoms with Gasteiger partial charge in [-0.05, 0) is 35.4 Å². The predicted molar refractivity (Wildman–Crippen MR) is 91.0 cm³/mol. The van der Waals surface area contributed by atoms with Gasteiger partial charge in [-0.25, -0.2) is 0 Å². The van der Waals surface area contributed by atoms with Crippen LogP contribution in [0.3, 0.4) is 0 Å². The van der Waals surface area contributed by atoms with Crippen LogP contribution >= 0.6 is 11.6 Å². The van der Waals surface area contributed by atoms with E-state index in [9.17, 15) is 4.79 Å². The zero-order valence-corrected chi connectivity index (χ0v) is 14.0. The first-order valence-corrected chi connectivity index (χ1v) is 7.79. The fourth-order valence-electron chi connectivity index (χ4n) is 2.22. The monoisotopic (exact) mass is 333 g/mol. The molecule has 23 heavy (non-hydrogen) atoms. The lowest BCUT2D eigenvalue weighted by atomic mass is 10.1. The van der Waals surface area contributed by atoms with Gasteiger partial charge in [-0.3, -0.25) is 4.79 Å². The number of benzene rings is 2. The topological polar surface area (TPSA) is 38.8 Å². The first-order chi connectivity index (χ1) is 11.2. The van der Waals surface area contributed by atoms with E-state index in [1.807, 2.05) is 48.5 Å². The number of carbonyl (C=O) groups excluding carboxylic acids is 1. The molecule has 2 aromatic rings. The predicted octanol–water partition coefficient (Wildman–Crippen LogP) is 3.47. The van der Waals surface area contributed by atoms with Gasteiger partial charge in [0.15, 0.2) is 0 Å². The van der Waals surface area contributed by atoms with Crippen LogP contribution in [-0.2, 0) is 17.9 Å². The average molecular weight is 334 g/mol. The maximum atomic E-state index is 12.1. The van der Waals surface area contributed by atoms with Crippen LogP contribution in [-0.4, -0.2) is 30.9 Å². The molecular formula is C18H20ClNO3. The Labute approximate surface area is 141 Å². The molecule has 0 radical (unpaired) electrons. The molecule has 0 bridgehead atoms. The van der Waals surface area contributed by atoms with E-state index < -0.39 is 0 Å². The molecule has 1 amide bonds. The van der Waals surface area contributed by atoms with Gasteiger partial charge in [-0.1, -0.05) is 24.3 Å². The summed E-state index contributed by atoms with van der Waals surface area (Å²) in [4.78, 5) is 13.8. The molecule has 0 saturated heterocycles. The zero-order valence-electron chi connectivity index (χ0n) is 13.3. The van der Waals surface area contributed by atoms with Crippen molar-refractivity contribution >= 4 is 17.5 Å². The minimum absolute atomic E-state index is 0.0354. The maximum Gasteiger partial charge on any atom is 0.238 e. The van der Waals surface area contributed by atoms with Gasteiger partial charge in [0.25, 0.3) is 0 Å². The summed E-state index contributed by atoms with van der Waals surface area (Å²) in [5.41, 5.74) is 2.05. The number of methoxy groups -OCH3 is 2. The van der Waals surface area contributed by atoms with Crippen LogP contribution in [0.25, 0.3) is 0 Å². The van der Waals surface area contributed by atoms with Crippen LogP contribution in [0.4, 0.5) is 0 Å². The second-order valence-corrected chi connectivity index (χ2v) is 5.35. The summed E-state index contributed by atoms with van der Waals surface area (Å²) < 4.78 is 10.3. The molecule has 2 aromatic carbocycles. The van der Waals surface area contributed by atoms with E-state index in [0.29, 0.717) is 13.1 Å². The van der Waals surface area contributed by atoms with Gasteiger partial charge in [-0.15, -0.1) is 11.6 Å². The molecule has 0 saturated carbocycles. The van der Waals surface area contributed by atoms with Gasteiger partial charge in [-0.2, -0.15) is 0 Å². The molecule has 122 valence electrons. The molecular weight excluding hydrogens is 314 g/mol. The number of hydrogen-bond donors (Lipinski definition) is 0. The van der Waals surface area contributed by atoms with E-state index in [2.05, 4.69) is 0 Å². The number of hydrogen-bond acceptors (Lipinski definition) is 3. The Kier molecular flexibility index (Phi) is 6.29. The van der Waals surface area contributed by atoms with E-state index in [1.165, 1.54) is 0 Å². The van der Waals surface area contributed by atoms with E-state index >= 15 is 0 Å². The third kappa shape index (κ3) is 4.89. The minimum atomic E-state index is -0.0988. The second kappa shape index (κ2) is 8.44. The Morgan fingerprint density at radius 2 is 1.26 bits per heavy atom. The van der Waals surface area contributed by atoms with Gasteiger partial charge in [0.05, 0.1) is 14.2 Å². The summed E-state index contributed by atoms with van der Waals surface area (Å²) in [6.07, 6.45) is 0. The summed E-state index contributed by atoms with van der Waals surface area (Å²) in [5, 5.41) is 0. The number of rotatable bonds is 7. The number of amides is 1. The largest absolute Gasteiger partial charge is 0.497 e. The van der Waals surface area contributed by atoms with E-state index in [4.69, 9.17) is 21.1 Å². The van der Waals surface area contributed by atoms with Crippen LogP contribution in [0.5, 0.6) is 11.5 Å². The number of ether oxygens (including phenoxy) is 2. The van der Waals surface area contributed by atoms with Crippen molar-refractivity contribution in [3.05, 3.63) is 59.7 Å². The molecule has 5 heteroatoms. The molecule has 0 aliphatic rings. The Morgan fingerprint density at radius 3 is 1.57 bits per heavy atom. The number of halogens is 1. The van der Waals surface area contributed by atoms with Gasteiger partial charge in [0.2, 0.25) is 5.91 Å². The Bertz CT molecular complexity index is 576. The molecule has 4 nitrogen and oxygen atoms in total. The van der Waals surface area contributed by atoms with Crippen molar-refractivity contribution in [1.29, 1.82) is 0 Å². The van der Waals surface area contributed by atoms with E-state index in [1.54, 1.807) is 19.1 Å². The Hall–Kier alpha value is -2.20. The van der Waals surface area contributed by atoms with Crippen LogP contribution in [0.1, 0.15) is 11.1 Å². The van der Waals surface area contributed by atoms with Crippen molar-refractivity contribution in [3.63, 3.8) is 0 Å². The normalized spacial score (nSPS) is 10.2. The van der Waals surface area contributed by atoms with Crippen molar-refractivity contribution in [3.8, 4) is 11.5 Å². The minimum Gasteiger partial charge on any atom is -0.497 e. The molecule has 0 spiro atoms. The third-order valence-electron chi connectivity index (χ3n) is 3.53. The van der Waals surface area contributed by atoms with Crippen molar-refractivity contribution in [1.82, 2.24) is 4.90 Å². The summed E-state index contributed by atoms with van der Waals surface area (Å²) >= 11 is 5.74. The summed E-state index contributed by atoms with van der Waals surface area (Å²) in [6, 6.07) is 15.3. The lowest BCUT2D eigenvalue weighted by Gasteiger charge is -2.22. The fraction of sp³-hybridized carbons (Fsp3) is 0.278. The van der Waals surface area contributed by atoms with Crippen molar-refractivity contribution in [2.24, 2.45) is 0 Å². The lowest BCUT2D eigenvalue weighted by Crippen LogP contribution is -2.31. The van der Waals surface area contributed by atoms with Crippen molar-refractivity contribution in [2.75, 3.05) is 20.1 Å². The number of alkyl halides is 1. The average Bonchev–Trinajstić information content (AvgIpc) is 2.61. The van der Waals surface area contributed by atoms with Crippen LogP contribution in [0.15, 0.2) is 48.5 Å². The third-order valence-corrected chi connectivity index (χ3v) is 3.76. The van der Waals surface area contributed by atoms with E-state index in [-0.39, 0.29) is 11.8 Å². The number of carbonyl (C=O) groups is 1. The SMILES string of the molecule is COc1ccc(CN(Cc2ccc(OC)cc2)C(=O)CCl)cc1. The fourth-order valence-corrected chi connectivity index (χ4v) is 2.39. The molecule has 0 fully saturated rings. The number of nitrogens with zero attached hydrogens (tertiary/aromatic N) is 1. The quantitative estimate of drug-likeness (QED) is 0.728. The first-order valence-electron chi connectivity index (χ1n) is 7.26. The van der Waals surface area contributed by atoms with Gasteiger partial charge < -0.3 is 14.4 Å². The zero-order chi connectivity index (χ0) is 16.7. The summed E-state index contributed by atoms with van der Waals surface area (Å²) in [6.45, 7) is 1.00. The molecule has 0 heterocycles. The standard InChI is InChI=1S/C18H20ClNO3/c1-22-16-7-3-14(4-8-16)12-20(18(21)11-19)13-15-5-9-17(23-2)10-6-15/h3-10H,11-13H2,1-2H3. The molecule has 0 aromatic heterocycles. The molecule has 0 N–H and O–H groups in total. The molecule has 0 atom stereocenters. The highest BCUT2D eigenvalue weighted by Crippen LogP contribution is 2.17. The summed E-state index contributed by atoms with van der Waals surface area (Å²) in [5.74, 6) is 1.45. The highest BCUT2D eigenvalue weighted by molar-refractivity contribution is 6.27. The second-order valence-electron chi connectivity index (χ2n) is 5.08. The molecule has 0 aliphatic carbocycles. The van der Waals surface area contributed by atoms with Gasteiger partial charge in [0.1, 0.15) is 17.4 Å². The molecule has 0 aliphatic heterocycles. The van der Waals surface area contributed by atoms with Gasteiger partial charge in [0, 0.05) is 13.1 Å². The smallest absolute Gasteiger partial charge is 0.238 e. The maximum absolute atomic E-state index is 12.1. The van der Waals surface area contributed by atoms with Gasteiger partial charge >= 0.3 is 0 Å². The molecule has 0 unspecified atom stereocenters. The Morgan fingerprint density at radius 1 is 0.870 bits per heavy atom. The highest BCUT2D eigenvalue weighted by Gasteiger charge is 2.14.